The van der Waals surface area contributed by atoms with Gasteiger partial charge in [-0.2, -0.15) is 0 Å². The number of hydrogen-bond acceptors (Lipinski definition) is 2. The molecule has 37 heavy (non-hydrogen) atoms. The molecule has 0 aliphatic carbocycles. The molecule has 4 heteroatoms. The zero-order chi connectivity index (χ0) is 24.8. The molecule has 0 aliphatic rings. The van der Waals surface area contributed by atoms with E-state index in [1.54, 1.807) is 0 Å². The summed E-state index contributed by atoms with van der Waals surface area (Å²) < 4.78 is 8.44. The second-order valence-corrected chi connectivity index (χ2v) is 10.0. The second kappa shape index (κ2) is 10.1. The summed E-state index contributed by atoms with van der Waals surface area (Å²) in [6.45, 7) is 9.06. The number of imidazole rings is 1. The molecule has 0 saturated heterocycles. The van der Waals surface area contributed by atoms with Gasteiger partial charge in [-0.25, -0.2) is 0 Å². The van der Waals surface area contributed by atoms with Gasteiger partial charge in [0.05, 0.1) is 5.82 Å². The maximum atomic E-state index is 6.20. The third-order valence-electron chi connectivity index (χ3n) is 6.96. The Bertz CT molecular complexity index is 1660. The van der Waals surface area contributed by atoms with Gasteiger partial charge in [0, 0.05) is 49.0 Å². The van der Waals surface area contributed by atoms with E-state index in [2.05, 4.69) is 93.1 Å². The summed E-state index contributed by atoms with van der Waals surface area (Å²) in [5.74, 6) is 1.58. The van der Waals surface area contributed by atoms with Crippen LogP contribution >= 0.6 is 0 Å². The molecule has 0 amide bonds. The third kappa shape index (κ3) is 4.45. The van der Waals surface area contributed by atoms with Gasteiger partial charge in [0.25, 0.3) is 0 Å². The molecule has 0 saturated carbocycles. The number of aromatic nitrogens is 2. The van der Waals surface area contributed by atoms with E-state index in [1.807, 2.05) is 36.5 Å². The molecule has 0 aliphatic heterocycles. The van der Waals surface area contributed by atoms with E-state index in [4.69, 9.17) is 9.40 Å². The zero-order valence-electron chi connectivity index (χ0n) is 21.5. The summed E-state index contributed by atoms with van der Waals surface area (Å²) in [5.41, 5.74) is 9.04. The van der Waals surface area contributed by atoms with Crippen molar-refractivity contribution in [3.05, 3.63) is 108 Å². The van der Waals surface area contributed by atoms with Gasteiger partial charge in [0.15, 0.2) is 0 Å². The number of para-hydroxylation sites is 1. The number of furan rings is 1. The van der Waals surface area contributed by atoms with E-state index in [0.717, 1.165) is 33.3 Å². The first-order valence-corrected chi connectivity index (χ1v) is 12.6. The fourth-order valence-corrected chi connectivity index (χ4v) is 5.13. The molecule has 0 unspecified atom stereocenters. The van der Waals surface area contributed by atoms with Crippen molar-refractivity contribution in [2.75, 3.05) is 0 Å². The van der Waals surface area contributed by atoms with E-state index < -0.39 is 0 Å². The Morgan fingerprint density at radius 2 is 1.46 bits per heavy atom. The number of fused-ring (bicyclic) bond motifs is 3. The van der Waals surface area contributed by atoms with Crippen LogP contribution in [0.4, 0.5) is 0 Å². The standard InChI is InChI=1S/C33H29N2O.Ir/c1-21(2)28-18-25(24-14-15-27-26-12-8-9-13-30(26)36-31(27)20-24)19-29(22(3)4)32(28)35-17-16-34-33(35)23-10-6-5-7-11-23;/h5-10,12-22H,1-4H3;/q-1;. The van der Waals surface area contributed by atoms with Crippen LogP contribution in [0.3, 0.4) is 0 Å². The minimum Gasteiger partial charge on any atom is -0.456 e. The average molecular weight is 662 g/mol. The van der Waals surface area contributed by atoms with Crippen molar-refractivity contribution in [3.8, 4) is 28.2 Å². The Kier molecular flexibility index (Phi) is 6.90. The summed E-state index contributed by atoms with van der Waals surface area (Å²) in [7, 11) is 0. The Morgan fingerprint density at radius 1 is 0.757 bits per heavy atom. The van der Waals surface area contributed by atoms with Crippen molar-refractivity contribution in [2.45, 2.75) is 39.5 Å². The van der Waals surface area contributed by atoms with Gasteiger partial charge in [-0.05, 0) is 64.4 Å². The maximum Gasteiger partial charge on any atom is 0.136 e. The Labute approximate surface area is 231 Å². The molecule has 0 atom stereocenters. The number of hydrogen-bond donors (Lipinski definition) is 0. The van der Waals surface area contributed by atoms with Gasteiger partial charge in [-0.3, -0.25) is 4.98 Å². The van der Waals surface area contributed by atoms with Crippen molar-refractivity contribution < 1.29 is 24.5 Å². The van der Waals surface area contributed by atoms with Gasteiger partial charge < -0.3 is 8.98 Å². The number of nitrogens with zero attached hydrogens (tertiary/aromatic N) is 2. The molecule has 1 radical (unpaired) electrons. The number of rotatable bonds is 5. The van der Waals surface area contributed by atoms with Crippen LogP contribution in [0.2, 0.25) is 0 Å². The van der Waals surface area contributed by atoms with Gasteiger partial charge in [0.1, 0.15) is 11.2 Å². The topological polar surface area (TPSA) is 31.0 Å². The van der Waals surface area contributed by atoms with Crippen LogP contribution in [0, 0.1) is 6.07 Å². The fraction of sp³-hybridized carbons (Fsp3) is 0.182. The zero-order valence-corrected chi connectivity index (χ0v) is 23.8. The predicted molar refractivity (Wildman–Crippen MR) is 149 cm³/mol. The Hall–Kier alpha value is -3.46. The van der Waals surface area contributed by atoms with Gasteiger partial charge in [-0.1, -0.05) is 52.0 Å². The predicted octanol–water partition coefficient (Wildman–Crippen LogP) is 9.15. The molecule has 4 aromatic carbocycles. The third-order valence-corrected chi connectivity index (χ3v) is 6.96. The Morgan fingerprint density at radius 3 is 2.16 bits per heavy atom. The molecular weight excluding hydrogens is 633 g/mol. The molecule has 6 aromatic rings. The SMILES string of the molecule is CC(C)c1cc(-c2ccc3c(c2)oc2ccccc23)cc(C(C)C)c1-n1ccnc1-c1[c-]cccc1.[Ir]. The van der Waals surface area contributed by atoms with Crippen LogP contribution in [-0.4, -0.2) is 9.55 Å². The van der Waals surface area contributed by atoms with Gasteiger partial charge >= 0.3 is 0 Å². The van der Waals surface area contributed by atoms with Crippen molar-refractivity contribution in [1.29, 1.82) is 0 Å². The van der Waals surface area contributed by atoms with Crippen LogP contribution < -0.4 is 0 Å². The Balaban J connectivity index is 0.00000280. The monoisotopic (exact) mass is 662 g/mol. The summed E-state index contributed by atoms with van der Waals surface area (Å²) in [6.07, 6.45) is 3.96. The number of benzene rings is 4. The van der Waals surface area contributed by atoms with E-state index in [0.29, 0.717) is 11.8 Å². The molecule has 187 valence electrons. The van der Waals surface area contributed by atoms with E-state index >= 15 is 0 Å². The second-order valence-electron chi connectivity index (χ2n) is 10.0. The maximum absolute atomic E-state index is 6.20. The summed E-state index contributed by atoms with van der Waals surface area (Å²) in [4.78, 5) is 4.72. The van der Waals surface area contributed by atoms with E-state index in [-0.39, 0.29) is 20.1 Å². The first-order valence-electron chi connectivity index (χ1n) is 12.6. The first-order chi connectivity index (χ1) is 17.5. The van der Waals surface area contributed by atoms with Crippen molar-refractivity contribution in [2.24, 2.45) is 0 Å². The van der Waals surface area contributed by atoms with Crippen molar-refractivity contribution >= 4 is 21.9 Å². The molecule has 0 N–H and O–H groups in total. The molecule has 0 spiro atoms. The van der Waals surface area contributed by atoms with Gasteiger partial charge in [0.2, 0.25) is 0 Å². The van der Waals surface area contributed by atoms with E-state index in [9.17, 15) is 0 Å². The fourth-order valence-electron chi connectivity index (χ4n) is 5.13. The molecule has 0 bridgehead atoms. The van der Waals surface area contributed by atoms with Crippen LogP contribution in [0.5, 0.6) is 0 Å². The minimum absolute atomic E-state index is 0. The molecule has 0 fully saturated rings. The average Bonchev–Trinajstić information content (AvgIpc) is 3.52. The van der Waals surface area contributed by atoms with Crippen molar-refractivity contribution in [3.63, 3.8) is 0 Å². The molecule has 6 rings (SSSR count). The molecule has 2 aromatic heterocycles. The van der Waals surface area contributed by atoms with Crippen molar-refractivity contribution in [1.82, 2.24) is 9.55 Å². The first kappa shape index (κ1) is 25.2. The quantitative estimate of drug-likeness (QED) is 0.173. The molecular formula is C33H29IrN2O-. The molecule has 3 nitrogen and oxygen atoms in total. The summed E-state index contributed by atoms with van der Waals surface area (Å²) in [6, 6.07) is 30.9. The molecule has 2 heterocycles. The van der Waals surface area contributed by atoms with Crippen LogP contribution in [0.25, 0.3) is 50.1 Å². The van der Waals surface area contributed by atoms with Crippen LogP contribution in [0.15, 0.2) is 95.7 Å². The summed E-state index contributed by atoms with van der Waals surface area (Å²) in [5, 5.41) is 2.31. The summed E-state index contributed by atoms with van der Waals surface area (Å²) >= 11 is 0. The van der Waals surface area contributed by atoms with Crippen LogP contribution in [0.1, 0.15) is 50.7 Å². The minimum atomic E-state index is 0. The largest absolute Gasteiger partial charge is 0.456 e. The van der Waals surface area contributed by atoms with E-state index in [1.165, 1.54) is 27.9 Å². The smallest absolute Gasteiger partial charge is 0.136 e. The van der Waals surface area contributed by atoms with Gasteiger partial charge in [-0.15, -0.1) is 35.9 Å². The van der Waals surface area contributed by atoms with Crippen LogP contribution in [-0.2, 0) is 20.1 Å². The normalized spacial score (nSPS) is 11.5.